The molecule has 0 saturated heterocycles. The minimum atomic E-state index is -0.278. The van der Waals surface area contributed by atoms with E-state index in [1.54, 1.807) is 36.2 Å². The van der Waals surface area contributed by atoms with Crippen LogP contribution in [-0.4, -0.2) is 17.9 Å². The number of nitrogens with zero attached hydrogens (tertiary/aromatic N) is 1. The number of carbonyl (C=O) groups is 1. The number of rotatable bonds is 4. The number of halogens is 2. The molecule has 114 valence electrons. The second-order valence-electron chi connectivity index (χ2n) is 5.06. The van der Waals surface area contributed by atoms with E-state index in [-0.39, 0.29) is 17.8 Å². The van der Waals surface area contributed by atoms with Crippen LogP contribution in [0.3, 0.4) is 0 Å². The molecule has 2 aromatic carbocycles. The first kappa shape index (κ1) is 16.4. The standard InChI is InChI=1S/C18H17BrFNO/c1-13(15-6-10-17(20)11-7-15)21(2)18(22)12-5-14-3-8-16(19)9-4-14/h3-13H,1-2H3/b12-5+. The Morgan fingerprint density at radius 2 is 1.73 bits per heavy atom. The Kier molecular flexibility index (Phi) is 5.50. The number of benzene rings is 2. The van der Waals surface area contributed by atoms with Crippen LogP contribution in [0, 0.1) is 5.82 Å². The molecule has 0 spiro atoms. The Morgan fingerprint density at radius 3 is 2.32 bits per heavy atom. The number of hydrogen-bond acceptors (Lipinski definition) is 1. The number of likely N-dealkylation sites (N-methyl/N-ethyl adjacent to an activating group) is 1. The molecule has 2 nitrogen and oxygen atoms in total. The highest BCUT2D eigenvalue weighted by atomic mass is 79.9. The molecule has 0 N–H and O–H groups in total. The Labute approximate surface area is 138 Å². The van der Waals surface area contributed by atoms with E-state index in [4.69, 9.17) is 0 Å². The minimum absolute atomic E-state index is 0.0975. The summed E-state index contributed by atoms with van der Waals surface area (Å²) in [6, 6.07) is 13.8. The van der Waals surface area contributed by atoms with E-state index in [9.17, 15) is 9.18 Å². The highest BCUT2D eigenvalue weighted by Crippen LogP contribution is 2.19. The molecule has 0 saturated carbocycles. The number of hydrogen-bond donors (Lipinski definition) is 0. The Hall–Kier alpha value is -1.94. The lowest BCUT2D eigenvalue weighted by molar-refractivity contribution is -0.126. The molecular weight excluding hydrogens is 345 g/mol. The molecule has 1 amide bonds. The van der Waals surface area contributed by atoms with Gasteiger partial charge in [-0.15, -0.1) is 0 Å². The smallest absolute Gasteiger partial charge is 0.246 e. The maximum atomic E-state index is 13.0. The van der Waals surface area contributed by atoms with Gasteiger partial charge in [0.25, 0.3) is 0 Å². The quantitative estimate of drug-likeness (QED) is 0.714. The monoisotopic (exact) mass is 361 g/mol. The third-order valence-corrected chi connectivity index (χ3v) is 4.10. The van der Waals surface area contributed by atoms with Crippen LogP contribution in [-0.2, 0) is 4.79 Å². The predicted octanol–water partition coefficient (Wildman–Crippen LogP) is 4.82. The SMILES string of the molecule is CC(c1ccc(F)cc1)N(C)C(=O)/C=C/c1ccc(Br)cc1. The molecule has 0 heterocycles. The van der Waals surface area contributed by atoms with Crippen LogP contribution >= 0.6 is 15.9 Å². The van der Waals surface area contributed by atoms with Gasteiger partial charge in [-0.1, -0.05) is 40.2 Å². The fourth-order valence-corrected chi connectivity index (χ4v) is 2.28. The van der Waals surface area contributed by atoms with Gasteiger partial charge in [-0.25, -0.2) is 4.39 Å². The van der Waals surface area contributed by atoms with Gasteiger partial charge < -0.3 is 4.90 Å². The summed E-state index contributed by atoms with van der Waals surface area (Å²) in [6.07, 6.45) is 3.33. The summed E-state index contributed by atoms with van der Waals surface area (Å²) in [5.74, 6) is -0.375. The zero-order chi connectivity index (χ0) is 16.1. The first-order valence-electron chi connectivity index (χ1n) is 6.93. The Bertz CT molecular complexity index is 664. The van der Waals surface area contributed by atoms with E-state index in [2.05, 4.69) is 15.9 Å². The Balaban J connectivity index is 2.04. The fourth-order valence-electron chi connectivity index (χ4n) is 2.01. The van der Waals surface area contributed by atoms with Crippen molar-refractivity contribution in [3.8, 4) is 0 Å². The van der Waals surface area contributed by atoms with Crippen LogP contribution in [0.15, 0.2) is 59.1 Å². The van der Waals surface area contributed by atoms with Crippen LogP contribution in [0.4, 0.5) is 4.39 Å². The van der Waals surface area contributed by atoms with E-state index in [0.29, 0.717) is 0 Å². The van der Waals surface area contributed by atoms with Crippen LogP contribution in [0.1, 0.15) is 24.1 Å². The maximum Gasteiger partial charge on any atom is 0.246 e. The van der Waals surface area contributed by atoms with E-state index in [1.807, 2.05) is 31.2 Å². The molecule has 22 heavy (non-hydrogen) atoms. The average molecular weight is 362 g/mol. The fraction of sp³-hybridized carbons (Fsp3) is 0.167. The van der Waals surface area contributed by atoms with Crippen LogP contribution in [0.2, 0.25) is 0 Å². The van der Waals surface area contributed by atoms with E-state index >= 15 is 0 Å². The zero-order valence-corrected chi connectivity index (χ0v) is 14.0. The lowest BCUT2D eigenvalue weighted by Gasteiger charge is -2.24. The van der Waals surface area contributed by atoms with Gasteiger partial charge in [0.05, 0.1) is 6.04 Å². The summed E-state index contributed by atoms with van der Waals surface area (Å²) in [4.78, 5) is 13.8. The molecule has 0 fully saturated rings. The molecule has 0 aliphatic carbocycles. The summed E-state index contributed by atoms with van der Waals surface area (Å²) in [7, 11) is 1.74. The molecule has 4 heteroatoms. The third kappa shape index (κ3) is 4.28. The highest BCUT2D eigenvalue weighted by Gasteiger charge is 2.15. The number of carbonyl (C=O) groups excluding carboxylic acids is 1. The highest BCUT2D eigenvalue weighted by molar-refractivity contribution is 9.10. The van der Waals surface area contributed by atoms with Gasteiger partial charge in [0.15, 0.2) is 0 Å². The summed E-state index contributed by atoms with van der Waals surface area (Å²) < 4.78 is 13.9. The average Bonchev–Trinajstić information content (AvgIpc) is 2.53. The molecule has 0 aliphatic rings. The summed E-state index contributed by atoms with van der Waals surface area (Å²) >= 11 is 3.37. The van der Waals surface area contributed by atoms with E-state index < -0.39 is 0 Å². The molecule has 1 atom stereocenters. The molecule has 2 aromatic rings. The van der Waals surface area contributed by atoms with Crippen molar-refractivity contribution in [1.29, 1.82) is 0 Å². The van der Waals surface area contributed by atoms with Crippen molar-refractivity contribution in [2.45, 2.75) is 13.0 Å². The third-order valence-electron chi connectivity index (χ3n) is 3.57. The van der Waals surface area contributed by atoms with E-state index in [1.165, 1.54) is 12.1 Å². The second kappa shape index (κ2) is 7.36. The van der Waals surface area contributed by atoms with Crippen molar-refractivity contribution >= 4 is 27.9 Å². The van der Waals surface area contributed by atoms with Crippen molar-refractivity contribution < 1.29 is 9.18 Å². The molecule has 1 unspecified atom stereocenters. The largest absolute Gasteiger partial charge is 0.335 e. The summed E-state index contributed by atoms with van der Waals surface area (Å²) in [5, 5.41) is 0. The first-order chi connectivity index (χ1) is 10.5. The van der Waals surface area contributed by atoms with Crippen molar-refractivity contribution in [3.63, 3.8) is 0 Å². The van der Waals surface area contributed by atoms with Gasteiger partial charge in [-0.2, -0.15) is 0 Å². The van der Waals surface area contributed by atoms with Gasteiger partial charge >= 0.3 is 0 Å². The molecule has 0 radical (unpaired) electrons. The predicted molar refractivity (Wildman–Crippen MR) is 90.8 cm³/mol. The molecule has 0 bridgehead atoms. The lowest BCUT2D eigenvalue weighted by Crippen LogP contribution is -2.27. The molecule has 0 aliphatic heterocycles. The normalized spacial score (nSPS) is 12.4. The molecular formula is C18H17BrFNO. The van der Waals surface area contributed by atoms with Gasteiger partial charge in [-0.3, -0.25) is 4.79 Å². The van der Waals surface area contributed by atoms with Gasteiger partial charge in [-0.05, 0) is 48.4 Å². The van der Waals surface area contributed by atoms with Crippen LogP contribution < -0.4 is 0 Å². The van der Waals surface area contributed by atoms with Crippen molar-refractivity contribution in [1.82, 2.24) is 4.90 Å². The van der Waals surface area contributed by atoms with Crippen LogP contribution in [0.25, 0.3) is 6.08 Å². The van der Waals surface area contributed by atoms with E-state index in [0.717, 1.165) is 15.6 Å². The summed E-state index contributed by atoms with van der Waals surface area (Å²) in [5.41, 5.74) is 1.86. The van der Waals surface area contributed by atoms with Crippen molar-refractivity contribution in [2.24, 2.45) is 0 Å². The maximum absolute atomic E-state index is 13.0. The molecule has 2 rings (SSSR count). The van der Waals surface area contributed by atoms with Crippen LogP contribution in [0.5, 0.6) is 0 Å². The van der Waals surface area contributed by atoms with Gasteiger partial charge in [0, 0.05) is 17.6 Å². The van der Waals surface area contributed by atoms with Gasteiger partial charge in [0.2, 0.25) is 5.91 Å². The van der Waals surface area contributed by atoms with Gasteiger partial charge in [0.1, 0.15) is 5.82 Å². The minimum Gasteiger partial charge on any atom is -0.335 e. The number of amides is 1. The first-order valence-corrected chi connectivity index (χ1v) is 7.72. The molecule has 0 aromatic heterocycles. The lowest BCUT2D eigenvalue weighted by atomic mass is 10.1. The summed E-state index contributed by atoms with van der Waals surface area (Å²) in [6.45, 7) is 1.92. The second-order valence-corrected chi connectivity index (χ2v) is 5.98. The zero-order valence-electron chi connectivity index (χ0n) is 12.5. The Morgan fingerprint density at radius 1 is 1.14 bits per heavy atom. The van der Waals surface area contributed by atoms with Crippen molar-refractivity contribution in [2.75, 3.05) is 7.05 Å². The topological polar surface area (TPSA) is 20.3 Å². The van der Waals surface area contributed by atoms with Crippen molar-refractivity contribution in [3.05, 3.63) is 76.0 Å².